The number of aliphatic carboxylic acids is 1. The van der Waals surface area contributed by atoms with Crippen LogP contribution in [0.1, 0.15) is 54.9 Å². The number of aliphatic hydroxyl groups excluding tert-OH is 2. The minimum absolute atomic E-state index is 0.0181. The van der Waals surface area contributed by atoms with Gasteiger partial charge >= 0.3 is 11.8 Å². The Morgan fingerprint density at radius 1 is 1.02 bits per heavy atom. The Morgan fingerprint density at radius 3 is 2.49 bits per heavy atom. The van der Waals surface area contributed by atoms with Crippen molar-refractivity contribution in [3.05, 3.63) is 102 Å². The van der Waals surface area contributed by atoms with Gasteiger partial charge in [-0.2, -0.15) is 0 Å². The van der Waals surface area contributed by atoms with Gasteiger partial charge < -0.3 is 59.4 Å². The summed E-state index contributed by atoms with van der Waals surface area (Å²) in [5.74, 6) is -3.61. The van der Waals surface area contributed by atoms with Gasteiger partial charge in [0, 0.05) is 24.6 Å². The van der Waals surface area contributed by atoms with Gasteiger partial charge in [-0.1, -0.05) is 30.3 Å². The Kier molecular flexibility index (Phi) is 9.93. The molecule has 0 radical (unpaired) electrons. The van der Waals surface area contributed by atoms with Crippen LogP contribution in [0.15, 0.2) is 100.0 Å². The van der Waals surface area contributed by atoms with E-state index in [2.05, 4.69) is 15.0 Å². The fourth-order valence-electron chi connectivity index (χ4n) is 8.89. The monoisotopic (exact) mass is 835 g/mol. The second-order valence-corrected chi connectivity index (χ2v) is 15.8. The zero-order chi connectivity index (χ0) is 42.7. The number of benzene rings is 3. The number of carboxylic acids is 1. The van der Waals surface area contributed by atoms with Crippen LogP contribution in [0.5, 0.6) is 34.5 Å². The summed E-state index contributed by atoms with van der Waals surface area (Å²) in [6.45, 7) is 0.377. The summed E-state index contributed by atoms with van der Waals surface area (Å²) in [4.78, 5) is 25.2. The Bertz CT molecular complexity index is 2470. The average Bonchev–Trinajstić information content (AvgIpc) is 4.03. The van der Waals surface area contributed by atoms with E-state index in [1.165, 1.54) is 30.6 Å². The van der Waals surface area contributed by atoms with Crippen molar-refractivity contribution in [3.8, 4) is 34.5 Å². The van der Waals surface area contributed by atoms with E-state index >= 15 is 0 Å². The molecule has 0 aromatic heterocycles. The Balaban J connectivity index is 1.08. The first-order valence-corrected chi connectivity index (χ1v) is 19.8. The third-order valence-corrected chi connectivity index (χ3v) is 12.0. The van der Waals surface area contributed by atoms with Crippen molar-refractivity contribution in [1.29, 1.82) is 0 Å². The largest absolute Gasteiger partial charge is 0.508 e. The molecule has 1 unspecified atom stereocenters. The molecule has 7 atom stereocenters. The van der Waals surface area contributed by atoms with Crippen LogP contribution >= 0.6 is 0 Å². The van der Waals surface area contributed by atoms with Gasteiger partial charge in [-0.3, -0.25) is 10.4 Å². The lowest BCUT2D eigenvalue weighted by molar-refractivity contribution is -0.337. The number of aliphatic imine (C=N–C) groups is 3. The van der Waals surface area contributed by atoms with E-state index in [9.17, 15) is 40.5 Å². The number of aromatic hydroxyl groups is 2. The maximum absolute atomic E-state index is 12.8. The number of carboxylic acid groups (broad SMARTS) is 1. The summed E-state index contributed by atoms with van der Waals surface area (Å²) in [6, 6.07) is 14.7. The number of phenolic OH excluding ortho intramolecular Hbond substituents is 2. The molecule has 316 valence electrons. The van der Waals surface area contributed by atoms with Gasteiger partial charge in [-0.25, -0.2) is 9.79 Å². The average molecular weight is 836 g/mol. The lowest BCUT2D eigenvalue weighted by atomic mass is 9.64. The highest BCUT2D eigenvalue weighted by molar-refractivity contribution is 6.13. The number of rotatable bonds is 12. The Hall–Kier alpha value is -6.53. The van der Waals surface area contributed by atoms with Crippen LogP contribution in [0.25, 0.3) is 5.76 Å². The molecule has 4 heterocycles. The quantitative estimate of drug-likeness (QED) is 0.122. The third-order valence-electron chi connectivity index (χ3n) is 12.0. The highest BCUT2D eigenvalue weighted by atomic mass is 16.7. The second-order valence-electron chi connectivity index (χ2n) is 15.8. The number of fused-ring (bicyclic) bond motifs is 3. The van der Waals surface area contributed by atoms with Gasteiger partial charge in [0.05, 0.1) is 24.8 Å². The molecule has 17 nitrogen and oxygen atoms in total. The van der Waals surface area contributed by atoms with Gasteiger partial charge in [-0.05, 0) is 78.2 Å². The molecule has 17 heteroatoms. The molecule has 9 rings (SSSR count). The van der Waals surface area contributed by atoms with E-state index in [0.717, 1.165) is 24.6 Å². The van der Waals surface area contributed by atoms with E-state index in [-0.39, 0.29) is 46.6 Å². The minimum atomic E-state index is -2.62. The predicted octanol–water partition coefficient (Wildman–Crippen LogP) is 2.60. The van der Waals surface area contributed by atoms with Crippen molar-refractivity contribution >= 4 is 35.3 Å². The van der Waals surface area contributed by atoms with E-state index in [1.54, 1.807) is 48.5 Å². The molecule has 9 N–H and O–H groups in total. The first-order chi connectivity index (χ1) is 29.3. The number of allylic oxidation sites excluding steroid dienone is 1. The normalized spacial score (nSPS) is 29.3. The first-order valence-electron chi connectivity index (χ1n) is 19.8. The van der Waals surface area contributed by atoms with Gasteiger partial charge in [0.15, 0.2) is 28.9 Å². The van der Waals surface area contributed by atoms with E-state index in [0.29, 0.717) is 48.6 Å². The summed E-state index contributed by atoms with van der Waals surface area (Å²) in [5, 5.41) is 85.9. The number of nitrogens with zero attached hydrogens (tertiary/aromatic N) is 3. The van der Waals surface area contributed by atoms with Crippen LogP contribution in [0, 0.1) is 5.92 Å². The number of phenols is 2. The highest BCUT2D eigenvalue weighted by Crippen LogP contribution is 2.56. The van der Waals surface area contributed by atoms with Gasteiger partial charge in [0.2, 0.25) is 12.0 Å². The fraction of sp³-hybridized carbons (Fsp3) is 0.341. The molecule has 4 aliphatic heterocycles. The van der Waals surface area contributed by atoms with Crippen LogP contribution < -0.4 is 24.4 Å². The summed E-state index contributed by atoms with van der Waals surface area (Å²) in [5.41, 5.74) is -4.23. The topological polar surface area (TPSA) is 268 Å². The lowest BCUT2D eigenvalue weighted by Gasteiger charge is -2.55. The van der Waals surface area contributed by atoms with Crippen LogP contribution in [0.4, 0.5) is 0 Å². The standard InChI is InChI=1S/C44H42N4O13/c45-34-11-8-25(48-34)13-17-57-27-9-6-23(7-10-27)31-19-30(50)35-32(58-31)20-33(37(36(35)51)61-42(14-1-2-15-42)24-4-3-5-26(49)18-24)59-41-43(55)16-12-28(29-21-46-22-47-29)44(56,40(43)54)38(60-41)39(52)53/h3-12,16,18-20,22,28,31,38,40-41,45,49-51,54-56H,1-2,13-15,17,21H2,(H,52,53)/p+1/t28-,31?,38+,40-,41+,43+,44+/m0/s1. The lowest BCUT2D eigenvalue weighted by Crippen LogP contribution is -2.78. The number of amidine groups is 1. The zero-order valence-corrected chi connectivity index (χ0v) is 32.5. The van der Waals surface area contributed by atoms with Crippen molar-refractivity contribution in [2.75, 3.05) is 13.2 Å². The Morgan fingerprint density at radius 2 is 1.80 bits per heavy atom. The predicted molar refractivity (Wildman–Crippen MR) is 217 cm³/mol. The Labute approximate surface area is 348 Å². The van der Waals surface area contributed by atoms with Gasteiger partial charge in [0.1, 0.15) is 58.3 Å². The minimum Gasteiger partial charge on any atom is -0.508 e. The van der Waals surface area contributed by atoms with E-state index < -0.39 is 59.0 Å². The summed E-state index contributed by atoms with van der Waals surface area (Å²) in [7, 11) is 0. The molecular weight excluding hydrogens is 792 g/mol. The van der Waals surface area contributed by atoms with Gasteiger partial charge in [-0.15, -0.1) is 0 Å². The second kappa shape index (κ2) is 15.2. The maximum atomic E-state index is 12.8. The first kappa shape index (κ1) is 39.9. The van der Waals surface area contributed by atoms with Crippen LogP contribution in [-0.4, -0.2) is 108 Å². The van der Waals surface area contributed by atoms with Gasteiger partial charge in [0.25, 0.3) is 0 Å². The number of nitrogens with two attached hydrogens (primary N) is 1. The van der Waals surface area contributed by atoms with Crippen molar-refractivity contribution < 1.29 is 69.6 Å². The summed E-state index contributed by atoms with van der Waals surface area (Å²) < 4.78 is 31.1. The number of ether oxygens (including phenoxy) is 5. The van der Waals surface area contributed by atoms with Crippen LogP contribution in [0.2, 0.25) is 0 Å². The van der Waals surface area contributed by atoms with Crippen LogP contribution in [-0.2, 0) is 15.1 Å². The maximum Gasteiger partial charge on any atom is 0.336 e. The van der Waals surface area contributed by atoms with Crippen LogP contribution in [0.3, 0.4) is 0 Å². The number of aliphatic hydroxyl groups is 4. The molecule has 3 aromatic carbocycles. The zero-order valence-electron chi connectivity index (χ0n) is 32.5. The smallest absolute Gasteiger partial charge is 0.336 e. The number of carbonyl (C=O) groups is 1. The number of hydrogen-bond acceptors (Lipinski definition) is 14. The molecule has 61 heavy (non-hydrogen) atoms. The molecule has 2 fully saturated rings. The molecule has 1 saturated carbocycles. The number of hydrogen-bond donors (Lipinski definition) is 8. The molecular formula is C44H43N4O13+. The molecule has 0 amide bonds. The van der Waals surface area contributed by atoms with Crippen molar-refractivity contribution in [2.24, 2.45) is 20.9 Å². The van der Waals surface area contributed by atoms with E-state index in [1.807, 2.05) is 6.08 Å². The summed E-state index contributed by atoms with van der Waals surface area (Å²) >= 11 is 0. The molecule has 3 aromatic rings. The van der Waals surface area contributed by atoms with Crippen molar-refractivity contribution in [1.82, 2.24) is 0 Å². The van der Waals surface area contributed by atoms with Crippen molar-refractivity contribution in [2.45, 2.75) is 73.5 Å². The van der Waals surface area contributed by atoms with Crippen molar-refractivity contribution in [3.63, 3.8) is 0 Å². The third kappa shape index (κ3) is 6.88. The molecule has 0 spiro atoms. The molecule has 6 aliphatic rings. The summed E-state index contributed by atoms with van der Waals surface area (Å²) in [6.07, 6.45) is 4.25. The molecule has 1 saturated heterocycles. The fourth-order valence-corrected chi connectivity index (χ4v) is 8.89. The SMILES string of the molecule is [NH2+]=C1C=CC(CCOc2ccc(C3C=C(O)c4c(cc(O[C@@H]5O[C@H](C(=O)O)[C@]6(O)[C@H](C7=NC=NC7)C=C[C@@]5(O)[C@@H]6O)c(OC5(c6cccc(O)c6)CCCC5)c4O)O3)cc2)=N1. The molecule has 2 bridgehead atoms. The highest BCUT2D eigenvalue weighted by Gasteiger charge is 2.70. The molecule has 2 aliphatic carbocycles. The van der Waals surface area contributed by atoms with E-state index in [4.69, 9.17) is 29.1 Å².